The number of nitrogens with one attached hydrogen (secondary N) is 1. The highest BCUT2D eigenvalue weighted by molar-refractivity contribution is 5.88. The number of carbonyl (C=O) groups is 1. The summed E-state index contributed by atoms with van der Waals surface area (Å²) in [6, 6.07) is 7.86. The van der Waals surface area contributed by atoms with Crippen molar-refractivity contribution in [3.05, 3.63) is 57.5 Å². The van der Waals surface area contributed by atoms with Crippen LogP contribution in [0.3, 0.4) is 0 Å². The second-order valence-electron chi connectivity index (χ2n) is 4.29. The third kappa shape index (κ3) is 2.93. The van der Waals surface area contributed by atoms with Crippen molar-refractivity contribution >= 4 is 5.97 Å². The molecule has 0 spiro atoms. The van der Waals surface area contributed by atoms with Crippen molar-refractivity contribution in [3.8, 4) is 0 Å². The van der Waals surface area contributed by atoms with Gasteiger partial charge in [0.05, 0.1) is 13.2 Å². The lowest BCUT2D eigenvalue weighted by Crippen LogP contribution is -2.23. The van der Waals surface area contributed by atoms with E-state index in [0.717, 1.165) is 11.1 Å². The van der Waals surface area contributed by atoms with Gasteiger partial charge < -0.3 is 9.84 Å². The van der Waals surface area contributed by atoms with Gasteiger partial charge in [-0.15, -0.1) is 0 Å². The maximum absolute atomic E-state index is 12.0. The maximum Gasteiger partial charge on any atom is 0.345 e. The predicted molar refractivity (Wildman–Crippen MR) is 71.3 cm³/mol. The second-order valence-corrected chi connectivity index (χ2v) is 4.29. The number of aromatic amines is 1. The fraction of sp³-hybridized carbons (Fsp3) is 0.286. The SMILES string of the molecule is CCOC(=O)c1c[nH]n(Cc2cccc(C)c2)c1=O. The molecule has 1 aromatic carbocycles. The van der Waals surface area contributed by atoms with Crippen LogP contribution in [-0.2, 0) is 11.3 Å². The lowest BCUT2D eigenvalue weighted by Gasteiger charge is -2.03. The summed E-state index contributed by atoms with van der Waals surface area (Å²) in [5, 5.41) is 2.78. The molecule has 0 atom stereocenters. The first-order chi connectivity index (χ1) is 9.11. The minimum atomic E-state index is -0.591. The predicted octanol–water partition coefficient (Wildman–Crippen LogP) is 1.71. The van der Waals surface area contributed by atoms with E-state index in [9.17, 15) is 9.59 Å². The summed E-state index contributed by atoms with van der Waals surface area (Å²) in [5.74, 6) is -0.591. The molecule has 19 heavy (non-hydrogen) atoms. The largest absolute Gasteiger partial charge is 0.462 e. The second kappa shape index (κ2) is 5.56. The highest BCUT2D eigenvalue weighted by atomic mass is 16.5. The topological polar surface area (TPSA) is 64.1 Å². The summed E-state index contributed by atoms with van der Waals surface area (Å²) < 4.78 is 6.21. The average Bonchev–Trinajstić information content (AvgIpc) is 2.71. The Morgan fingerprint density at radius 1 is 1.42 bits per heavy atom. The van der Waals surface area contributed by atoms with Crippen LogP contribution < -0.4 is 5.56 Å². The third-order valence-corrected chi connectivity index (χ3v) is 2.76. The van der Waals surface area contributed by atoms with Gasteiger partial charge in [-0.3, -0.25) is 4.79 Å². The molecule has 0 aliphatic heterocycles. The lowest BCUT2D eigenvalue weighted by molar-refractivity contribution is 0.0524. The summed E-state index contributed by atoms with van der Waals surface area (Å²) in [5.41, 5.74) is 1.80. The molecule has 0 bridgehead atoms. The van der Waals surface area contributed by atoms with Crippen LogP contribution in [0.5, 0.6) is 0 Å². The molecule has 1 aromatic heterocycles. The zero-order valence-electron chi connectivity index (χ0n) is 11.0. The van der Waals surface area contributed by atoms with Crippen LogP contribution >= 0.6 is 0 Å². The van der Waals surface area contributed by atoms with Crippen LogP contribution in [0.15, 0.2) is 35.3 Å². The van der Waals surface area contributed by atoms with E-state index in [-0.39, 0.29) is 17.7 Å². The van der Waals surface area contributed by atoms with E-state index in [2.05, 4.69) is 5.10 Å². The number of hydrogen-bond donors (Lipinski definition) is 1. The zero-order valence-corrected chi connectivity index (χ0v) is 11.0. The summed E-state index contributed by atoms with van der Waals surface area (Å²) in [4.78, 5) is 23.5. The van der Waals surface area contributed by atoms with Crippen LogP contribution in [0.2, 0.25) is 0 Å². The van der Waals surface area contributed by atoms with Gasteiger partial charge in [0.2, 0.25) is 0 Å². The molecule has 0 radical (unpaired) electrons. The fourth-order valence-corrected chi connectivity index (χ4v) is 1.87. The monoisotopic (exact) mass is 260 g/mol. The smallest absolute Gasteiger partial charge is 0.345 e. The molecule has 0 fully saturated rings. The molecule has 0 saturated carbocycles. The Morgan fingerprint density at radius 3 is 2.89 bits per heavy atom. The van der Waals surface area contributed by atoms with Gasteiger partial charge in [-0.1, -0.05) is 29.8 Å². The van der Waals surface area contributed by atoms with Crippen LogP contribution in [0, 0.1) is 6.92 Å². The van der Waals surface area contributed by atoms with E-state index < -0.39 is 5.97 Å². The van der Waals surface area contributed by atoms with Gasteiger partial charge in [0.15, 0.2) is 0 Å². The van der Waals surface area contributed by atoms with Gasteiger partial charge >= 0.3 is 5.97 Å². The minimum Gasteiger partial charge on any atom is -0.462 e. The molecule has 0 aliphatic carbocycles. The van der Waals surface area contributed by atoms with Crippen molar-refractivity contribution in [2.45, 2.75) is 20.4 Å². The van der Waals surface area contributed by atoms with Gasteiger partial charge in [-0.25, -0.2) is 9.48 Å². The highest BCUT2D eigenvalue weighted by Gasteiger charge is 2.15. The first-order valence-electron chi connectivity index (χ1n) is 6.12. The van der Waals surface area contributed by atoms with E-state index in [1.807, 2.05) is 31.2 Å². The Morgan fingerprint density at radius 2 is 2.21 bits per heavy atom. The number of rotatable bonds is 4. The van der Waals surface area contributed by atoms with Crippen LogP contribution in [0.4, 0.5) is 0 Å². The number of esters is 1. The molecular formula is C14H16N2O3. The number of hydrogen-bond acceptors (Lipinski definition) is 3. The molecule has 1 N–H and O–H groups in total. The Hall–Kier alpha value is -2.30. The van der Waals surface area contributed by atoms with Gasteiger partial charge in [-0.05, 0) is 19.4 Å². The summed E-state index contributed by atoms with van der Waals surface area (Å²) in [6.07, 6.45) is 1.39. The lowest BCUT2D eigenvalue weighted by atomic mass is 10.1. The molecule has 1 heterocycles. The number of H-pyrrole nitrogens is 1. The Balaban J connectivity index is 2.23. The molecule has 0 unspecified atom stereocenters. The Labute approximate surface area is 110 Å². The van der Waals surface area contributed by atoms with Crippen molar-refractivity contribution in [3.63, 3.8) is 0 Å². The fourth-order valence-electron chi connectivity index (χ4n) is 1.87. The quantitative estimate of drug-likeness (QED) is 0.851. The van der Waals surface area contributed by atoms with E-state index in [4.69, 9.17) is 4.74 Å². The number of nitrogens with zero attached hydrogens (tertiary/aromatic N) is 1. The first kappa shape index (κ1) is 13.1. The number of aromatic nitrogens is 2. The molecule has 5 heteroatoms. The first-order valence-corrected chi connectivity index (χ1v) is 6.12. The molecule has 0 amide bonds. The number of ether oxygens (including phenoxy) is 1. The van der Waals surface area contributed by atoms with Crippen molar-refractivity contribution in [1.82, 2.24) is 9.78 Å². The molecule has 0 aliphatic rings. The normalized spacial score (nSPS) is 10.4. The van der Waals surface area contributed by atoms with Crippen molar-refractivity contribution in [2.75, 3.05) is 6.61 Å². The molecule has 5 nitrogen and oxygen atoms in total. The number of benzene rings is 1. The average molecular weight is 260 g/mol. The summed E-state index contributed by atoms with van der Waals surface area (Å²) >= 11 is 0. The zero-order chi connectivity index (χ0) is 13.8. The van der Waals surface area contributed by atoms with Gasteiger partial charge in [0.1, 0.15) is 5.56 Å². The Kier molecular flexibility index (Phi) is 3.85. The standard InChI is InChI=1S/C14H16N2O3/c1-3-19-14(18)12-8-15-16(13(12)17)9-11-6-4-5-10(2)7-11/h4-8,15H,3,9H2,1-2H3. The molecule has 2 aromatic rings. The van der Waals surface area contributed by atoms with Crippen molar-refractivity contribution in [2.24, 2.45) is 0 Å². The van der Waals surface area contributed by atoms with Gasteiger partial charge in [-0.2, -0.15) is 0 Å². The van der Waals surface area contributed by atoms with Crippen molar-refractivity contribution in [1.29, 1.82) is 0 Å². The van der Waals surface area contributed by atoms with E-state index in [1.54, 1.807) is 6.92 Å². The Bertz CT molecular complexity index is 640. The van der Waals surface area contributed by atoms with E-state index in [1.165, 1.54) is 10.9 Å². The number of carbonyl (C=O) groups excluding carboxylic acids is 1. The van der Waals surface area contributed by atoms with Crippen LogP contribution in [-0.4, -0.2) is 22.4 Å². The summed E-state index contributed by atoms with van der Waals surface area (Å²) in [7, 11) is 0. The van der Waals surface area contributed by atoms with Crippen molar-refractivity contribution < 1.29 is 9.53 Å². The minimum absolute atomic E-state index is 0.0366. The highest BCUT2D eigenvalue weighted by Crippen LogP contribution is 2.05. The summed E-state index contributed by atoms with van der Waals surface area (Å²) in [6.45, 7) is 4.35. The number of aryl methyl sites for hydroxylation is 1. The van der Waals surface area contributed by atoms with E-state index >= 15 is 0 Å². The third-order valence-electron chi connectivity index (χ3n) is 2.76. The van der Waals surface area contributed by atoms with Gasteiger partial charge in [0.25, 0.3) is 5.56 Å². The van der Waals surface area contributed by atoms with Crippen LogP contribution in [0.1, 0.15) is 28.4 Å². The molecule has 100 valence electrons. The van der Waals surface area contributed by atoms with E-state index in [0.29, 0.717) is 6.54 Å². The molecule has 0 saturated heterocycles. The molecular weight excluding hydrogens is 244 g/mol. The maximum atomic E-state index is 12.0. The van der Waals surface area contributed by atoms with Gasteiger partial charge in [0, 0.05) is 6.20 Å². The van der Waals surface area contributed by atoms with Crippen LogP contribution in [0.25, 0.3) is 0 Å². The molecule has 2 rings (SSSR count).